The summed E-state index contributed by atoms with van der Waals surface area (Å²) in [4.78, 5) is 27.9. The molecular formula is C36H35ClN4O3S. The zero-order chi connectivity index (χ0) is 32.0. The number of aryl methyl sites for hydroxylation is 3. The fourth-order valence-electron chi connectivity index (χ4n) is 5.68. The number of thiazole rings is 1. The molecule has 0 saturated heterocycles. The van der Waals surface area contributed by atoms with Crippen LogP contribution in [0.25, 0.3) is 54.2 Å². The van der Waals surface area contributed by atoms with E-state index >= 15 is 0 Å². The zero-order valence-electron chi connectivity index (χ0n) is 26.4. The highest BCUT2D eigenvalue weighted by Gasteiger charge is 2.33. The third-order valence-electron chi connectivity index (χ3n) is 7.61. The van der Waals surface area contributed by atoms with Crippen molar-refractivity contribution in [2.75, 3.05) is 6.61 Å². The molecule has 0 saturated carbocycles. The average Bonchev–Trinajstić information content (AvgIpc) is 3.55. The first-order valence-electron chi connectivity index (χ1n) is 14.9. The van der Waals surface area contributed by atoms with E-state index in [1.54, 1.807) is 18.3 Å². The number of carbonyl (C=O) groups excluding carboxylic acids is 1. The summed E-state index contributed by atoms with van der Waals surface area (Å²) in [6.45, 7) is 11.9. The van der Waals surface area contributed by atoms with Crippen molar-refractivity contribution < 1.29 is 14.3 Å². The van der Waals surface area contributed by atoms with Crippen molar-refractivity contribution in [1.82, 2.24) is 19.5 Å². The Morgan fingerprint density at radius 3 is 2.47 bits per heavy atom. The summed E-state index contributed by atoms with van der Waals surface area (Å²) in [6, 6.07) is 15.8. The summed E-state index contributed by atoms with van der Waals surface area (Å²) in [6.07, 6.45) is 4.83. The van der Waals surface area contributed by atoms with Crippen LogP contribution in [0.5, 0.6) is 0 Å². The molecule has 7 nitrogen and oxygen atoms in total. The highest BCUT2D eigenvalue weighted by Crippen LogP contribution is 2.45. The van der Waals surface area contributed by atoms with Gasteiger partial charge in [-0.05, 0) is 94.6 Å². The molecule has 45 heavy (non-hydrogen) atoms. The van der Waals surface area contributed by atoms with Gasteiger partial charge in [-0.2, -0.15) is 0 Å². The first kappa shape index (κ1) is 30.9. The van der Waals surface area contributed by atoms with Crippen LogP contribution in [0.3, 0.4) is 0 Å². The van der Waals surface area contributed by atoms with Gasteiger partial charge in [-0.1, -0.05) is 23.7 Å². The number of carbonyl (C=O) groups is 1. The predicted molar refractivity (Wildman–Crippen MR) is 183 cm³/mol. The summed E-state index contributed by atoms with van der Waals surface area (Å²) >= 11 is 7.87. The highest BCUT2D eigenvalue weighted by atomic mass is 35.5. The van der Waals surface area contributed by atoms with Gasteiger partial charge in [0, 0.05) is 58.3 Å². The van der Waals surface area contributed by atoms with Gasteiger partial charge < -0.3 is 14.0 Å². The molecular weight excluding hydrogens is 604 g/mol. The topological polar surface area (TPSA) is 79.1 Å². The molecule has 0 N–H and O–H groups in total. The monoisotopic (exact) mass is 638 g/mol. The highest BCUT2D eigenvalue weighted by molar-refractivity contribution is 7.22. The molecule has 4 heterocycles. The maximum atomic E-state index is 13.5. The van der Waals surface area contributed by atoms with Crippen LogP contribution in [-0.2, 0) is 21.3 Å². The van der Waals surface area contributed by atoms with E-state index in [1.165, 1.54) is 5.56 Å². The maximum absolute atomic E-state index is 13.5. The first-order valence-corrected chi connectivity index (χ1v) is 16.1. The van der Waals surface area contributed by atoms with Gasteiger partial charge in [0.05, 0.1) is 28.1 Å². The van der Waals surface area contributed by atoms with E-state index in [2.05, 4.69) is 30.2 Å². The lowest BCUT2D eigenvalue weighted by Gasteiger charge is -2.29. The number of esters is 1. The van der Waals surface area contributed by atoms with Gasteiger partial charge in [-0.3, -0.25) is 4.98 Å². The van der Waals surface area contributed by atoms with Crippen LogP contribution in [0, 0.1) is 13.8 Å². The first-order chi connectivity index (χ1) is 21.4. The number of nitrogens with zero attached hydrogens (tertiary/aromatic N) is 4. The number of hydrogen-bond donors (Lipinski definition) is 0. The molecule has 6 aromatic rings. The van der Waals surface area contributed by atoms with Gasteiger partial charge in [-0.15, -0.1) is 11.3 Å². The van der Waals surface area contributed by atoms with E-state index in [0.29, 0.717) is 5.02 Å². The number of aromatic nitrogens is 4. The van der Waals surface area contributed by atoms with Gasteiger partial charge >= 0.3 is 5.97 Å². The van der Waals surface area contributed by atoms with Crippen LogP contribution in [0.4, 0.5) is 0 Å². The Labute approximate surface area is 271 Å². The molecule has 4 aromatic heterocycles. The number of halogens is 1. The van der Waals surface area contributed by atoms with E-state index < -0.39 is 17.7 Å². The molecule has 0 spiro atoms. The standard InChI is InChI=1S/C36H35ClN4O3S/c1-8-43-35(42)31(44-36(4,5)6)29-20(2)15-28-32(30(29)22-9-11-25(37)12-10-22)45-34(40-28)23-13-14-38-27(17-23)24-16-26-21(3)19-41(7)33(26)39-18-24/h9-19,31H,8H2,1-7H3/t31-/m0/s1. The van der Waals surface area contributed by atoms with E-state index in [1.807, 2.05) is 88.1 Å². The molecule has 0 fully saturated rings. The zero-order valence-corrected chi connectivity index (χ0v) is 28.0. The Morgan fingerprint density at radius 1 is 1.00 bits per heavy atom. The lowest BCUT2D eigenvalue weighted by molar-refractivity contribution is -0.166. The number of pyridine rings is 2. The molecule has 0 bridgehead atoms. The third-order valence-corrected chi connectivity index (χ3v) is 9.00. The maximum Gasteiger partial charge on any atom is 0.339 e. The number of hydrogen-bond acceptors (Lipinski definition) is 7. The molecule has 2 aromatic carbocycles. The van der Waals surface area contributed by atoms with Crippen molar-refractivity contribution in [3.63, 3.8) is 0 Å². The van der Waals surface area contributed by atoms with E-state index in [4.69, 9.17) is 31.0 Å². The smallest absolute Gasteiger partial charge is 0.339 e. The fraction of sp³-hybridized carbons (Fsp3) is 0.278. The third kappa shape index (κ3) is 6.10. The van der Waals surface area contributed by atoms with Gasteiger partial charge in [0.1, 0.15) is 10.7 Å². The Hall–Kier alpha value is -4.11. The molecule has 6 rings (SSSR count). The van der Waals surface area contributed by atoms with Crippen LogP contribution < -0.4 is 0 Å². The van der Waals surface area contributed by atoms with Crippen LogP contribution in [0.15, 0.2) is 67.1 Å². The number of fused-ring (bicyclic) bond motifs is 2. The molecule has 9 heteroatoms. The molecule has 0 radical (unpaired) electrons. The van der Waals surface area contributed by atoms with Gasteiger partial charge in [0.25, 0.3) is 0 Å². The Bertz CT molecular complexity index is 2060. The minimum Gasteiger partial charge on any atom is -0.464 e. The molecule has 0 amide bonds. The molecule has 0 aliphatic heterocycles. The number of ether oxygens (including phenoxy) is 2. The Balaban J connectivity index is 1.53. The average molecular weight is 639 g/mol. The summed E-state index contributed by atoms with van der Waals surface area (Å²) in [5, 5.41) is 2.57. The lowest BCUT2D eigenvalue weighted by atomic mass is 9.91. The van der Waals surface area contributed by atoms with Crippen molar-refractivity contribution in [1.29, 1.82) is 0 Å². The van der Waals surface area contributed by atoms with Crippen LogP contribution in [0.1, 0.15) is 50.5 Å². The molecule has 0 aliphatic carbocycles. The molecule has 0 aliphatic rings. The second-order valence-corrected chi connectivity index (χ2v) is 13.6. The van der Waals surface area contributed by atoms with E-state index in [-0.39, 0.29) is 6.61 Å². The van der Waals surface area contributed by atoms with Crippen molar-refractivity contribution >= 4 is 50.2 Å². The minimum absolute atomic E-state index is 0.252. The summed E-state index contributed by atoms with van der Waals surface area (Å²) in [5.74, 6) is -0.423. The van der Waals surface area contributed by atoms with Crippen LogP contribution in [-0.4, -0.2) is 37.7 Å². The van der Waals surface area contributed by atoms with Gasteiger partial charge in [0.15, 0.2) is 6.10 Å². The fourth-order valence-corrected chi connectivity index (χ4v) is 6.93. The lowest BCUT2D eigenvalue weighted by Crippen LogP contribution is -2.29. The Morgan fingerprint density at radius 2 is 1.76 bits per heavy atom. The summed E-state index contributed by atoms with van der Waals surface area (Å²) < 4.78 is 14.9. The largest absolute Gasteiger partial charge is 0.464 e. The van der Waals surface area contributed by atoms with Crippen molar-refractivity contribution in [2.45, 2.75) is 53.2 Å². The quantitative estimate of drug-likeness (QED) is 0.162. The minimum atomic E-state index is -0.929. The van der Waals surface area contributed by atoms with Crippen molar-refractivity contribution in [2.24, 2.45) is 7.05 Å². The van der Waals surface area contributed by atoms with Crippen LogP contribution in [0.2, 0.25) is 5.02 Å². The second kappa shape index (κ2) is 12.0. The van der Waals surface area contributed by atoms with Crippen molar-refractivity contribution in [3.8, 4) is 33.0 Å². The van der Waals surface area contributed by atoms with Crippen molar-refractivity contribution in [3.05, 3.63) is 88.8 Å². The SMILES string of the molecule is CCOC(=O)[C@@H](OC(C)(C)C)c1c(C)cc2nc(-c3ccnc(-c4cnc5c(c4)c(C)cn5C)c3)sc2c1-c1ccc(Cl)cc1. The van der Waals surface area contributed by atoms with E-state index in [0.717, 1.165) is 65.3 Å². The second-order valence-electron chi connectivity index (χ2n) is 12.2. The molecule has 1 atom stereocenters. The number of rotatable bonds is 7. The van der Waals surface area contributed by atoms with Gasteiger partial charge in [0.2, 0.25) is 0 Å². The van der Waals surface area contributed by atoms with Crippen LogP contribution >= 0.6 is 22.9 Å². The summed E-state index contributed by atoms with van der Waals surface area (Å²) in [5.41, 5.74) is 8.50. The Kier molecular flexibility index (Phi) is 8.24. The summed E-state index contributed by atoms with van der Waals surface area (Å²) in [7, 11) is 2.00. The predicted octanol–water partition coefficient (Wildman–Crippen LogP) is 9.27. The molecule has 0 unspecified atom stereocenters. The molecule has 230 valence electrons. The normalized spacial score (nSPS) is 12.6. The van der Waals surface area contributed by atoms with Gasteiger partial charge in [-0.25, -0.2) is 14.8 Å². The van der Waals surface area contributed by atoms with E-state index in [9.17, 15) is 4.79 Å². The number of benzene rings is 2.